The van der Waals surface area contributed by atoms with Crippen LogP contribution in [0.15, 0.2) is 18.2 Å². The summed E-state index contributed by atoms with van der Waals surface area (Å²) in [6.07, 6.45) is -4.78. The molecule has 0 saturated heterocycles. The Bertz CT molecular complexity index is 390. The minimum absolute atomic E-state index is 0.201. The number of nitrogens with zero attached hydrogens (tertiary/aromatic N) is 1. The Labute approximate surface area is 103 Å². The largest absolute Gasteiger partial charge is 0.390 e. The fourth-order valence-electron chi connectivity index (χ4n) is 1.75. The number of hydrogen-bond acceptors (Lipinski definition) is 2. The van der Waals surface area contributed by atoms with E-state index in [-0.39, 0.29) is 12.2 Å². The SMILES string of the molecule is CN(CCC(F)(F)F)c1c(F)cccc1CCN. The average molecular weight is 264 g/mol. The molecule has 0 unspecified atom stereocenters. The van der Waals surface area contributed by atoms with Gasteiger partial charge in [0.15, 0.2) is 0 Å². The minimum Gasteiger partial charge on any atom is -0.372 e. The molecule has 0 amide bonds. The van der Waals surface area contributed by atoms with Crippen molar-refractivity contribution in [1.82, 2.24) is 0 Å². The number of benzene rings is 1. The second-order valence-corrected chi connectivity index (χ2v) is 4.07. The quantitative estimate of drug-likeness (QED) is 0.828. The van der Waals surface area contributed by atoms with Crippen LogP contribution in [0.25, 0.3) is 0 Å². The maximum Gasteiger partial charge on any atom is 0.390 e. The van der Waals surface area contributed by atoms with E-state index in [1.165, 1.54) is 24.1 Å². The summed E-state index contributed by atoms with van der Waals surface area (Å²) < 4.78 is 50.1. The summed E-state index contributed by atoms with van der Waals surface area (Å²) >= 11 is 0. The van der Waals surface area contributed by atoms with Gasteiger partial charge in [0.05, 0.1) is 12.1 Å². The molecular weight excluding hydrogens is 248 g/mol. The summed E-state index contributed by atoms with van der Waals surface area (Å²) in [5.41, 5.74) is 6.23. The normalized spacial score (nSPS) is 11.7. The minimum atomic E-state index is -4.24. The third kappa shape index (κ3) is 4.18. The standard InChI is InChI=1S/C12H16F4N2/c1-18(8-6-12(14,15)16)11-9(5-7-17)3-2-4-10(11)13/h2-4H,5-8,17H2,1H3. The Morgan fingerprint density at radius 3 is 2.50 bits per heavy atom. The van der Waals surface area contributed by atoms with Crippen LogP contribution in [0.3, 0.4) is 0 Å². The zero-order chi connectivity index (χ0) is 13.8. The van der Waals surface area contributed by atoms with Crippen molar-refractivity contribution in [2.24, 2.45) is 5.73 Å². The summed E-state index contributed by atoms with van der Waals surface area (Å²) in [4.78, 5) is 1.29. The van der Waals surface area contributed by atoms with Gasteiger partial charge in [0.1, 0.15) is 5.82 Å². The van der Waals surface area contributed by atoms with E-state index in [2.05, 4.69) is 0 Å². The van der Waals surface area contributed by atoms with E-state index >= 15 is 0 Å². The van der Waals surface area contributed by atoms with Gasteiger partial charge in [0, 0.05) is 13.6 Å². The molecule has 0 atom stereocenters. The van der Waals surface area contributed by atoms with Gasteiger partial charge in [0.2, 0.25) is 0 Å². The van der Waals surface area contributed by atoms with E-state index in [4.69, 9.17) is 5.73 Å². The fraction of sp³-hybridized carbons (Fsp3) is 0.500. The predicted octanol–water partition coefficient (Wildman–Crippen LogP) is 2.72. The third-order valence-electron chi connectivity index (χ3n) is 2.60. The molecule has 0 radical (unpaired) electrons. The monoisotopic (exact) mass is 264 g/mol. The molecule has 6 heteroatoms. The highest BCUT2D eigenvalue weighted by Crippen LogP contribution is 2.26. The Balaban J connectivity index is 2.86. The molecule has 2 N–H and O–H groups in total. The van der Waals surface area contributed by atoms with Crippen molar-refractivity contribution >= 4 is 5.69 Å². The third-order valence-corrected chi connectivity index (χ3v) is 2.60. The van der Waals surface area contributed by atoms with Crippen LogP contribution in [0.5, 0.6) is 0 Å². The van der Waals surface area contributed by atoms with Crippen LogP contribution in [-0.2, 0) is 6.42 Å². The first-order chi connectivity index (χ1) is 8.35. The van der Waals surface area contributed by atoms with Crippen molar-refractivity contribution in [3.05, 3.63) is 29.6 Å². The van der Waals surface area contributed by atoms with Gasteiger partial charge in [-0.1, -0.05) is 12.1 Å². The van der Waals surface area contributed by atoms with Gasteiger partial charge in [-0.2, -0.15) is 13.2 Å². The molecule has 0 bridgehead atoms. The molecule has 0 aliphatic carbocycles. The highest BCUT2D eigenvalue weighted by Gasteiger charge is 2.27. The lowest BCUT2D eigenvalue weighted by Gasteiger charge is -2.23. The number of halogens is 4. The highest BCUT2D eigenvalue weighted by atomic mass is 19.4. The average Bonchev–Trinajstić information content (AvgIpc) is 2.26. The van der Waals surface area contributed by atoms with Gasteiger partial charge in [-0.3, -0.25) is 0 Å². The second kappa shape index (κ2) is 6.04. The highest BCUT2D eigenvalue weighted by molar-refractivity contribution is 5.54. The number of para-hydroxylation sites is 1. The van der Waals surface area contributed by atoms with Crippen molar-refractivity contribution < 1.29 is 17.6 Å². The number of anilines is 1. The molecule has 102 valence electrons. The predicted molar refractivity (Wildman–Crippen MR) is 63.1 cm³/mol. The molecule has 0 aromatic heterocycles. The molecule has 18 heavy (non-hydrogen) atoms. The van der Waals surface area contributed by atoms with Gasteiger partial charge in [-0.25, -0.2) is 4.39 Å². The van der Waals surface area contributed by atoms with Crippen molar-refractivity contribution in [1.29, 1.82) is 0 Å². The molecule has 1 aromatic carbocycles. The maximum atomic E-state index is 13.7. The topological polar surface area (TPSA) is 29.3 Å². The lowest BCUT2D eigenvalue weighted by Crippen LogP contribution is -2.26. The molecule has 0 spiro atoms. The van der Waals surface area contributed by atoms with Crippen LogP contribution in [0, 0.1) is 5.82 Å². The molecule has 0 fully saturated rings. The van der Waals surface area contributed by atoms with Crippen LogP contribution >= 0.6 is 0 Å². The summed E-state index contributed by atoms with van der Waals surface area (Å²) in [6, 6.07) is 4.44. The van der Waals surface area contributed by atoms with Gasteiger partial charge in [0.25, 0.3) is 0 Å². The first-order valence-electron chi connectivity index (χ1n) is 5.60. The number of nitrogens with two attached hydrogens (primary N) is 1. The van der Waals surface area contributed by atoms with Gasteiger partial charge < -0.3 is 10.6 Å². The molecule has 0 aliphatic heterocycles. The van der Waals surface area contributed by atoms with Crippen molar-refractivity contribution in [2.45, 2.75) is 19.0 Å². The summed E-state index contributed by atoms with van der Waals surface area (Å²) in [6.45, 7) is 0.0472. The van der Waals surface area contributed by atoms with Crippen LogP contribution in [-0.4, -0.2) is 26.3 Å². The van der Waals surface area contributed by atoms with E-state index in [9.17, 15) is 17.6 Å². The van der Waals surface area contributed by atoms with Gasteiger partial charge in [-0.15, -0.1) is 0 Å². The van der Waals surface area contributed by atoms with Crippen molar-refractivity contribution in [2.75, 3.05) is 25.0 Å². The van der Waals surface area contributed by atoms with E-state index in [0.717, 1.165) is 0 Å². The van der Waals surface area contributed by atoms with E-state index < -0.39 is 18.4 Å². The van der Waals surface area contributed by atoms with Crippen molar-refractivity contribution in [3.63, 3.8) is 0 Å². The molecule has 1 rings (SSSR count). The number of hydrogen-bond donors (Lipinski definition) is 1. The Hall–Kier alpha value is -1.30. The Morgan fingerprint density at radius 1 is 1.28 bits per heavy atom. The first-order valence-corrected chi connectivity index (χ1v) is 5.60. The number of alkyl halides is 3. The molecule has 0 saturated carbocycles. The van der Waals surface area contributed by atoms with E-state index in [0.29, 0.717) is 18.5 Å². The van der Waals surface area contributed by atoms with Crippen LogP contribution in [0.2, 0.25) is 0 Å². The first kappa shape index (κ1) is 14.8. The zero-order valence-electron chi connectivity index (χ0n) is 10.1. The summed E-state index contributed by atoms with van der Waals surface area (Å²) in [5, 5.41) is 0. The lowest BCUT2D eigenvalue weighted by molar-refractivity contribution is -0.132. The number of rotatable bonds is 5. The molecule has 0 heterocycles. The fourth-order valence-corrected chi connectivity index (χ4v) is 1.75. The molecule has 1 aromatic rings. The molecule has 0 aliphatic rings. The van der Waals surface area contributed by atoms with Gasteiger partial charge >= 0.3 is 6.18 Å². The molecule has 2 nitrogen and oxygen atoms in total. The summed E-state index contributed by atoms with van der Waals surface area (Å²) in [5.74, 6) is -0.523. The van der Waals surface area contributed by atoms with Gasteiger partial charge in [-0.05, 0) is 24.6 Å². The van der Waals surface area contributed by atoms with E-state index in [1.807, 2.05) is 0 Å². The van der Waals surface area contributed by atoms with Crippen LogP contribution in [0.1, 0.15) is 12.0 Å². The van der Waals surface area contributed by atoms with Crippen LogP contribution < -0.4 is 10.6 Å². The van der Waals surface area contributed by atoms with E-state index in [1.54, 1.807) is 6.07 Å². The lowest BCUT2D eigenvalue weighted by atomic mass is 10.1. The summed E-state index contributed by atoms with van der Waals surface area (Å²) in [7, 11) is 1.45. The van der Waals surface area contributed by atoms with Crippen LogP contribution in [0.4, 0.5) is 23.2 Å². The molecular formula is C12H16F4N2. The smallest absolute Gasteiger partial charge is 0.372 e. The second-order valence-electron chi connectivity index (χ2n) is 4.07. The Kier molecular flexibility index (Phi) is 4.95. The Morgan fingerprint density at radius 2 is 1.94 bits per heavy atom. The van der Waals surface area contributed by atoms with Crippen molar-refractivity contribution in [3.8, 4) is 0 Å². The zero-order valence-corrected chi connectivity index (χ0v) is 10.1. The maximum absolute atomic E-state index is 13.7.